The number of primary amides is 1. The summed E-state index contributed by atoms with van der Waals surface area (Å²) in [5.74, 6) is -0.526. The van der Waals surface area contributed by atoms with Crippen LogP contribution in [0.4, 0.5) is 4.79 Å². The fraction of sp³-hybridized carbons (Fsp3) is 0.625. The average Bonchev–Trinajstić information content (AvgIpc) is 3.07. The first-order valence-electron chi connectivity index (χ1n) is 11.4. The Morgan fingerprint density at radius 3 is 2.64 bits per heavy atom. The standard InChI is InChI=1S/C24H34N4O5/c1-22(2,3)33-21(30)27-9-6-24(7-10-27)14-23(4,31)18(13-32-15-24)28-8-5-16-11-17(19(25)29)12-26-20(16)28/h5,8,11-12,18,31H,6-7,9-10,13-15H2,1-4H3,(H2,25,29)/t18-,23-/m1/s1. The van der Waals surface area contributed by atoms with Crippen LogP contribution in [0.1, 0.15) is 63.4 Å². The number of ether oxygens (including phenoxy) is 2. The van der Waals surface area contributed by atoms with Crippen molar-refractivity contribution in [2.75, 3.05) is 26.3 Å². The molecule has 0 bridgehead atoms. The summed E-state index contributed by atoms with van der Waals surface area (Å²) in [6.45, 7) is 9.45. The van der Waals surface area contributed by atoms with Crippen molar-refractivity contribution in [2.24, 2.45) is 11.1 Å². The van der Waals surface area contributed by atoms with E-state index in [1.54, 1.807) is 11.0 Å². The summed E-state index contributed by atoms with van der Waals surface area (Å²) in [4.78, 5) is 30.1. The van der Waals surface area contributed by atoms with Crippen LogP contribution in [0, 0.1) is 5.41 Å². The van der Waals surface area contributed by atoms with E-state index in [0.29, 0.717) is 43.9 Å². The summed E-state index contributed by atoms with van der Waals surface area (Å²) in [6, 6.07) is 3.23. The second-order valence-corrected chi connectivity index (χ2v) is 10.8. The molecule has 3 N–H and O–H groups in total. The lowest BCUT2D eigenvalue weighted by molar-refractivity contribution is -0.0413. The van der Waals surface area contributed by atoms with E-state index in [4.69, 9.17) is 15.2 Å². The summed E-state index contributed by atoms with van der Waals surface area (Å²) in [7, 11) is 0. The number of carbonyl (C=O) groups excluding carboxylic acids is 2. The molecule has 0 radical (unpaired) electrons. The minimum Gasteiger partial charge on any atom is -0.444 e. The molecule has 0 aliphatic carbocycles. The van der Waals surface area contributed by atoms with Crippen LogP contribution >= 0.6 is 0 Å². The van der Waals surface area contributed by atoms with Crippen molar-refractivity contribution in [2.45, 2.75) is 64.2 Å². The zero-order chi connectivity index (χ0) is 24.0. The number of amides is 2. The Hall–Kier alpha value is -2.65. The van der Waals surface area contributed by atoms with E-state index in [2.05, 4.69) is 4.98 Å². The smallest absolute Gasteiger partial charge is 0.410 e. The van der Waals surface area contributed by atoms with E-state index in [0.717, 1.165) is 18.2 Å². The first kappa shape index (κ1) is 23.5. The number of piperidine rings is 1. The number of fused-ring (bicyclic) bond motifs is 1. The molecule has 2 aliphatic rings. The highest BCUT2D eigenvalue weighted by Crippen LogP contribution is 2.45. The molecule has 33 heavy (non-hydrogen) atoms. The number of pyridine rings is 1. The molecular formula is C24H34N4O5. The van der Waals surface area contributed by atoms with E-state index in [1.807, 2.05) is 44.5 Å². The Labute approximate surface area is 193 Å². The Kier molecular flexibility index (Phi) is 5.90. The number of aromatic nitrogens is 2. The molecule has 2 atom stereocenters. The quantitative estimate of drug-likeness (QED) is 0.714. The summed E-state index contributed by atoms with van der Waals surface area (Å²) in [5.41, 5.74) is 4.60. The summed E-state index contributed by atoms with van der Waals surface area (Å²) < 4.78 is 13.6. The van der Waals surface area contributed by atoms with Gasteiger partial charge in [-0.1, -0.05) is 0 Å². The summed E-state index contributed by atoms with van der Waals surface area (Å²) >= 11 is 0. The third-order valence-corrected chi connectivity index (χ3v) is 6.79. The Bertz CT molecular complexity index is 1050. The van der Waals surface area contributed by atoms with Crippen LogP contribution in [-0.4, -0.2) is 69.1 Å². The van der Waals surface area contributed by atoms with Gasteiger partial charge >= 0.3 is 6.09 Å². The lowest BCUT2D eigenvalue weighted by Crippen LogP contribution is -2.49. The second-order valence-electron chi connectivity index (χ2n) is 10.8. The van der Waals surface area contributed by atoms with Crippen molar-refractivity contribution in [1.29, 1.82) is 0 Å². The van der Waals surface area contributed by atoms with Crippen LogP contribution in [0.5, 0.6) is 0 Å². The predicted molar refractivity (Wildman–Crippen MR) is 123 cm³/mol. The van der Waals surface area contributed by atoms with Gasteiger partial charge in [-0.2, -0.15) is 0 Å². The third kappa shape index (κ3) is 4.84. The summed E-state index contributed by atoms with van der Waals surface area (Å²) in [5, 5.41) is 12.4. The number of carbonyl (C=O) groups is 2. The van der Waals surface area contributed by atoms with Gasteiger partial charge in [0.05, 0.1) is 30.4 Å². The lowest BCUT2D eigenvalue weighted by atomic mass is 9.70. The number of hydrogen-bond donors (Lipinski definition) is 2. The highest BCUT2D eigenvalue weighted by atomic mass is 16.6. The molecule has 2 aliphatic heterocycles. The minimum absolute atomic E-state index is 0.216. The second kappa shape index (κ2) is 8.29. The van der Waals surface area contributed by atoms with Gasteiger partial charge in [0.1, 0.15) is 11.2 Å². The largest absolute Gasteiger partial charge is 0.444 e. The first-order valence-corrected chi connectivity index (χ1v) is 11.4. The maximum Gasteiger partial charge on any atom is 0.410 e. The molecule has 0 aromatic carbocycles. The van der Waals surface area contributed by atoms with Crippen molar-refractivity contribution in [3.8, 4) is 0 Å². The van der Waals surface area contributed by atoms with Crippen LogP contribution in [0.15, 0.2) is 24.5 Å². The molecule has 0 saturated carbocycles. The fourth-order valence-electron chi connectivity index (χ4n) is 5.12. The van der Waals surface area contributed by atoms with Gasteiger partial charge in [0.25, 0.3) is 0 Å². The molecule has 2 aromatic heterocycles. The molecule has 0 unspecified atom stereocenters. The molecular weight excluding hydrogens is 424 g/mol. The number of nitrogens with zero attached hydrogens (tertiary/aromatic N) is 3. The molecule has 4 heterocycles. The molecule has 9 heteroatoms. The van der Waals surface area contributed by atoms with Gasteiger partial charge in [-0.15, -0.1) is 0 Å². The molecule has 2 amide bonds. The van der Waals surface area contributed by atoms with Crippen molar-refractivity contribution >= 4 is 23.0 Å². The molecule has 180 valence electrons. The van der Waals surface area contributed by atoms with Crippen LogP contribution in [0.2, 0.25) is 0 Å². The van der Waals surface area contributed by atoms with Gasteiger partial charge in [0.2, 0.25) is 5.91 Å². The van der Waals surface area contributed by atoms with Crippen molar-refractivity contribution in [1.82, 2.24) is 14.5 Å². The van der Waals surface area contributed by atoms with Crippen LogP contribution in [0.25, 0.3) is 11.0 Å². The van der Waals surface area contributed by atoms with E-state index < -0.39 is 17.1 Å². The van der Waals surface area contributed by atoms with E-state index >= 15 is 0 Å². The summed E-state index contributed by atoms with van der Waals surface area (Å²) in [6.07, 6.45) is 5.06. The van der Waals surface area contributed by atoms with Crippen molar-refractivity contribution < 1.29 is 24.2 Å². The Morgan fingerprint density at radius 1 is 1.30 bits per heavy atom. The Balaban J connectivity index is 1.51. The molecule has 2 aromatic rings. The number of hydrogen-bond acceptors (Lipinski definition) is 6. The molecule has 4 rings (SSSR count). The minimum atomic E-state index is -1.05. The third-order valence-electron chi connectivity index (χ3n) is 6.79. The van der Waals surface area contributed by atoms with Gasteiger partial charge in [-0.05, 0) is 64.5 Å². The van der Waals surface area contributed by atoms with Crippen LogP contribution < -0.4 is 5.73 Å². The highest BCUT2D eigenvalue weighted by Gasteiger charge is 2.48. The maximum absolute atomic E-state index is 12.5. The monoisotopic (exact) mass is 458 g/mol. The highest BCUT2D eigenvalue weighted by molar-refractivity contribution is 5.95. The number of likely N-dealkylation sites (tertiary alicyclic amines) is 1. The van der Waals surface area contributed by atoms with Gasteiger partial charge in [-0.3, -0.25) is 4.79 Å². The average molecular weight is 459 g/mol. The number of rotatable bonds is 2. The van der Waals surface area contributed by atoms with Gasteiger partial charge in [0, 0.05) is 30.9 Å². The fourth-order valence-corrected chi connectivity index (χ4v) is 5.12. The molecule has 1 spiro atoms. The van der Waals surface area contributed by atoms with Crippen molar-refractivity contribution in [3.63, 3.8) is 0 Å². The van der Waals surface area contributed by atoms with Gasteiger partial charge in [0.15, 0.2) is 0 Å². The predicted octanol–water partition coefficient (Wildman–Crippen LogP) is 2.86. The number of aliphatic hydroxyl groups is 1. The Morgan fingerprint density at radius 2 is 2.00 bits per heavy atom. The normalized spacial score (nSPS) is 25.7. The SMILES string of the molecule is CC(C)(C)OC(=O)N1CCC2(CC1)COC[C@@H](n1ccc3cc(C(N)=O)cnc31)[C@](C)(O)C2. The molecule has 2 saturated heterocycles. The van der Waals surface area contributed by atoms with Crippen LogP contribution in [-0.2, 0) is 9.47 Å². The zero-order valence-electron chi connectivity index (χ0n) is 19.8. The molecule has 2 fully saturated rings. The van der Waals surface area contributed by atoms with Gasteiger partial charge in [-0.25, -0.2) is 9.78 Å². The first-order chi connectivity index (χ1) is 15.4. The van der Waals surface area contributed by atoms with E-state index in [9.17, 15) is 14.7 Å². The van der Waals surface area contributed by atoms with Crippen LogP contribution in [0.3, 0.4) is 0 Å². The lowest BCUT2D eigenvalue weighted by Gasteiger charge is -2.44. The van der Waals surface area contributed by atoms with Gasteiger partial charge < -0.3 is 29.8 Å². The molecule has 9 nitrogen and oxygen atoms in total. The van der Waals surface area contributed by atoms with E-state index in [1.165, 1.54) is 6.20 Å². The number of nitrogens with two attached hydrogens (primary N) is 1. The zero-order valence-corrected chi connectivity index (χ0v) is 19.8. The van der Waals surface area contributed by atoms with Crippen molar-refractivity contribution in [3.05, 3.63) is 30.1 Å². The maximum atomic E-state index is 12.5. The topological polar surface area (TPSA) is 120 Å². The van der Waals surface area contributed by atoms with E-state index in [-0.39, 0.29) is 17.6 Å².